The van der Waals surface area contributed by atoms with Crippen molar-refractivity contribution in [2.45, 2.75) is 6.92 Å². The van der Waals surface area contributed by atoms with Crippen LogP contribution in [0.2, 0.25) is 5.02 Å². The van der Waals surface area contributed by atoms with Crippen LogP contribution < -0.4 is 14.2 Å². The van der Waals surface area contributed by atoms with Crippen LogP contribution in [0.25, 0.3) is 0 Å². The minimum atomic E-state index is 0.137. The number of hydrogen-bond acceptors (Lipinski definition) is 2. The van der Waals surface area contributed by atoms with Crippen molar-refractivity contribution in [1.82, 2.24) is 0 Å². The second-order valence-corrected chi connectivity index (χ2v) is 6.57. The zero-order valence-electron chi connectivity index (χ0n) is 9.77. The van der Waals surface area contributed by atoms with E-state index in [0.717, 1.165) is 10.1 Å². The molecule has 0 saturated heterocycles. The molecule has 0 fully saturated rings. The number of rotatable bonds is 3. The average Bonchev–Trinajstić information content (AvgIpc) is 2.36. The Bertz CT molecular complexity index is 588. The van der Waals surface area contributed by atoms with E-state index in [1.54, 1.807) is 6.07 Å². The molecule has 0 aliphatic heterocycles. The second-order valence-electron chi connectivity index (χ2n) is 3.79. The van der Waals surface area contributed by atoms with Crippen LogP contribution in [-0.4, -0.2) is 15.0 Å². The van der Waals surface area contributed by atoms with Gasteiger partial charge in [0.25, 0.3) is 0 Å². The summed E-state index contributed by atoms with van der Waals surface area (Å²) in [5, 5.41) is 12.1. The van der Waals surface area contributed by atoms with Crippen LogP contribution in [0, 0.1) is 18.4 Å². The molecule has 0 aliphatic carbocycles. The van der Waals surface area contributed by atoms with Gasteiger partial charge in [0.15, 0.2) is 0 Å². The Kier molecular flexibility index (Phi) is 4.28. The van der Waals surface area contributed by atoms with Crippen molar-refractivity contribution in [2.75, 3.05) is 5.32 Å². The van der Waals surface area contributed by atoms with Gasteiger partial charge >= 0.3 is 118 Å². The van der Waals surface area contributed by atoms with Gasteiger partial charge in [-0.25, -0.2) is 0 Å². The molecule has 0 amide bonds. The molecule has 1 N–H and O–H groups in total. The Hall–Kier alpha value is -1.46. The van der Waals surface area contributed by atoms with Gasteiger partial charge in [-0.1, -0.05) is 0 Å². The molecule has 90 valence electrons. The molecule has 4 heteroatoms. The molecular weight excluding hydrogens is 311 g/mol. The van der Waals surface area contributed by atoms with E-state index in [1.807, 2.05) is 18.3 Å². The summed E-state index contributed by atoms with van der Waals surface area (Å²) in [5.41, 5.74) is 2.08. The van der Waals surface area contributed by atoms with Gasteiger partial charge in [0.2, 0.25) is 0 Å². The van der Waals surface area contributed by atoms with E-state index in [2.05, 4.69) is 36.5 Å². The SMILES string of the molecule is Cc1ccc([Se]c2cc(Cl)ccc2NC#N)cc1. The predicted molar refractivity (Wildman–Crippen MR) is 76.9 cm³/mol. The fourth-order valence-electron chi connectivity index (χ4n) is 1.48. The van der Waals surface area contributed by atoms with E-state index in [4.69, 9.17) is 16.9 Å². The molecule has 2 nitrogen and oxygen atoms in total. The van der Waals surface area contributed by atoms with Crippen LogP contribution in [-0.2, 0) is 0 Å². The van der Waals surface area contributed by atoms with Crippen LogP contribution >= 0.6 is 11.6 Å². The number of halogens is 1. The standard InChI is InChI=1S/C14H11ClN2Se/c1-10-2-5-12(6-3-10)18-14-8-11(15)4-7-13(14)17-9-16/h2-8,17H,1H3. The van der Waals surface area contributed by atoms with Gasteiger partial charge in [0.05, 0.1) is 0 Å². The first-order valence-corrected chi connectivity index (χ1v) is 7.47. The summed E-state index contributed by atoms with van der Waals surface area (Å²) in [6, 6.07) is 14.0. The zero-order chi connectivity index (χ0) is 13.0. The first-order valence-electron chi connectivity index (χ1n) is 5.38. The molecule has 0 atom stereocenters. The molecule has 0 radical (unpaired) electrons. The van der Waals surface area contributed by atoms with Crippen LogP contribution in [0.3, 0.4) is 0 Å². The Morgan fingerprint density at radius 2 is 1.89 bits per heavy atom. The number of benzene rings is 2. The van der Waals surface area contributed by atoms with Crippen molar-refractivity contribution in [3.05, 3.63) is 53.1 Å². The van der Waals surface area contributed by atoms with Gasteiger partial charge in [-0.05, 0) is 0 Å². The zero-order valence-corrected chi connectivity index (χ0v) is 12.2. The number of nitriles is 1. The summed E-state index contributed by atoms with van der Waals surface area (Å²) in [5.74, 6) is 0. The molecule has 0 saturated carbocycles. The van der Waals surface area contributed by atoms with Crippen molar-refractivity contribution < 1.29 is 0 Å². The number of nitrogens with zero attached hydrogens (tertiary/aromatic N) is 1. The van der Waals surface area contributed by atoms with Gasteiger partial charge in [-0.15, -0.1) is 0 Å². The Morgan fingerprint density at radius 3 is 2.56 bits per heavy atom. The molecule has 2 aromatic carbocycles. The molecule has 18 heavy (non-hydrogen) atoms. The van der Waals surface area contributed by atoms with Crippen LogP contribution in [0.1, 0.15) is 5.56 Å². The van der Waals surface area contributed by atoms with E-state index in [-0.39, 0.29) is 15.0 Å². The first kappa shape index (κ1) is 13.0. The summed E-state index contributed by atoms with van der Waals surface area (Å²) >= 11 is 6.14. The molecule has 0 aromatic heterocycles. The summed E-state index contributed by atoms with van der Waals surface area (Å²) in [6.45, 7) is 2.07. The fourth-order valence-corrected chi connectivity index (χ4v) is 3.77. The minimum absolute atomic E-state index is 0.137. The van der Waals surface area contributed by atoms with Gasteiger partial charge in [0.1, 0.15) is 0 Å². The third kappa shape index (κ3) is 3.27. The van der Waals surface area contributed by atoms with Gasteiger partial charge in [-0.3, -0.25) is 0 Å². The molecule has 0 unspecified atom stereocenters. The molecular formula is C14H11ClN2Se. The predicted octanol–water partition coefficient (Wildman–Crippen LogP) is 2.20. The summed E-state index contributed by atoms with van der Waals surface area (Å²) in [7, 11) is 0. The summed E-state index contributed by atoms with van der Waals surface area (Å²) < 4.78 is 2.34. The maximum absolute atomic E-state index is 8.73. The topological polar surface area (TPSA) is 35.8 Å². The quantitative estimate of drug-likeness (QED) is 0.534. The van der Waals surface area contributed by atoms with Crippen molar-refractivity contribution in [3.63, 3.8) is 0 Å². The molecule has 0 aliphatic rings. The third-order valence-corrected chi connectivity index (χ3v) is 4.85. The van der Waals surface area contributed by atoms with Gasteiger partial charge in [-0.2, -0.15) is 0 Å². The Balaban J connectivity index is 2.30. The number of anilines is 1. The maximum atomic E-state index is 8.73. The normalized spacial score (nSPS) is 9.83. The number of aryl methyl sites for hydroxylation is 1. The van der Waals surface area contributed by atoms with Crippen molar-refractivity contribution in [1.29, 1.82) is 5.26 Å². The number of nitrogens with one attached hydrogen (secondary N) is 1. The molecule has 0 spiro atoms. The molecule has 0 heterocycles. The summed E-state index contributed by atoms with van der Waals surface area (Å²) in [6.07, 6.45) is 1.96. The van der Waals surface area contributed by atoms with Gasteiger partial charge in [0, 0.05) is 0 Å². The third-order valence-electron chi connectivity index (χ3n) is 2.38. The van der Waals surface area contributed by atoms with Crippen molar-refractivity contribution in [3.8, 4) is 6.19 Å². The van der Waals surface area contributed by atoms with E-state index >= 15 is 0 Å². The Labute approximate surface area is 118 Å². The van der Waals surface area contributed by atoms with Crippen LogP contribution in [0.15, 0.2) is 42.5 Å². The van der Waals surface area contributed by atoms with Crippen LogP contribution in [0.4, 0.5) is 5.69 Å². The van der Waals surface area contributed by atoms with Crippen molar-refractivity contribution >= 4 is 41.2 Å². The molecule has 2 aromatic rings. The van der Waals surface area contributed by atoms with Crippen LogP contribution in [0.5, 0.6) is 0 Å². The van der Waals surface area contributed by atoms with E-state index in [1.165, 1.54) is 10.0 Å². The average molecular weight is 322 g/mol. The number of hydrogen-bond donors (Lipinski definition) is 1. The first-order chi connectivity index (χ1) is 8.69. The second kappa shape index (κ2) is 5.93. The fraction of sp³-hybridized carbons (Fsp3) is 0.0714. The Morgan fingerprint density at radius 1 is 1.17 bits per heavy atom. The van der Waals surface area contributed by atoms with E-state index < -0.39 is 0 Å². The molecule has 2 rings (SSSR count). The van der Waals surface area contributed by atoms with E-state index in [9.17, 15) is 0 Å². The molecule has 0 bridgehead atoms. The van der Waals surface area contributed by atoms with Crippen molar-refractivity contribution in [2.24, 2.45) is 0 Å². The van der Waals surface area contributed by atoms with Gasteiger partial charge < -0.3 is 0 Å². The monoisotopic (exact) mass is 322 g/mol. The summed E-state index contributed by atoms with van der Waals surface area (Å²) in [4.78, 5) is 0. The van der Waals surface area contributed by atoms with E-state index in [0.29, 0.717) is 5.02 Å².